The number of carbonyl (C=O) groups excluding carboxylic acids is 1. The summed E-state index contributed by atoms with van der Waals surface area (Å²) in [6.45, 7) is 3.19. The molecule has 0 atom stereocenters. The summed E-state index contributed by atoms with van der Waals surface area (Å²) in [5, 5.41) is 11.9. The highest BCUT2D eigenvalue weighted by Gasteiger charge is 2.51. The smallest absolute Gasteiger partial charge is 0.223 e. The Labute approximate surface area is 189 Å². The number of anilines is 3. The van der Waals surface area contributed by atoms with Crippen molar-refractivity contribution in [2.24, 2.45) is 23.2 Å². The summed E-state index contributed by atoms with van der Waals surface area (Å²) in [4.78, 5) is 21.6. The minimum Gasteiger partial charge on any atom is -0.352 e. The maximum atomic E-state index is 13.2. The SMILES string of the molecule is O=C(CC12CC3CC(CC(C3)C1)C2)N1CCN(c2ccc(Nc3cccnc3)nn2)CC1. The quantitative estimate of drug-likeness (QED) is 0.773. The molecule has 1 N–H and O–H groups in total. The van der Waals surface area contributed by atoms with Gasteiger partial charge >= 0.3 is 0 Å². The van der Waals surface area contributed by atoms with Crippen LogP contribution in [0.5, 0.6) is 0 Å². The third-order valence-electron chi connectivity index (χ3n) is 8.23. The van der Waals surface area contributed by atoms with Crippen LogP contribution in [-0.4, -0.2) is 52.2 Å². The zero-order valence-corrected chi connectivity index (χ0v) is 18.6. The minimum absolute atomic E-state index is 0.325. The lowest BCUT2D eigenvalue weighted by Crippen LogP contribution is -2.52. The molecule has 7 nitrogen and oxygen atoms in total. The van der Waals surface area contributed by atoms with Crippen LogP contribution in [0.1, 0.15) is 44.9 Å². The van der Waals surface area contributed by atoms with E-state index in [1.54, 1.807) is 12.4 Å². The Morgan fingerprint density at radius 1 is 0.969 bits per heavy atom. The minimum atomic E-state index is 0.325. The Balaban J connectivity index is 1.03. The molecule has 2 aromatic rings. The van der Waals surface area contributed by atoms with Gasteiger partial charge in [0.2, 0.25) is 5.91 Å². The fourth-order valence-corrected chi connectivity index (χ4v) is 7.27. The van der Waals surface area contributed by atoms with Gasteiger partial charge in [0.15, 0.2) is 11.6 Å². The molecule has 7 rings (SSSR count). The molecule has 168 valence electrons. The Morgan fingerprint density at radius 2 is 1.69 bits per heavy atom. The number of aromatic nitrogens is 3. The van der Waals surface area contributed by atoms with E-state index in [1.165, 1.54) is 38.5 Å². The Kier molecular flexibility index (Phi) is 5.00. The van der Waals surface area contributed by atoms with E-state index in [0.717, 1.165) is 61.9 Å². The van der Waals surface area contributed by atoms with Gasteiger partial charge in [-0.1, -0.05) is 0 Å². The largest absolute Gasteiger partial charge is 0.352 e. The molecule has 0 unspecified atom stereocenters. The first-order valence-corrected chi connectivity index (χ1v) is 12.2. The molecule has 1 amide bonds. The van der Waals surface area contributed by atoms with Crippen molar-refractivity contribution in [3.8, 4) is 0 Å². The molecule has 0 spiro atoms. The highest BCUT2D eigenvalue weighted by atomic mass is 16.2. The van der Waals surface area contributed by atoms with Crippen LogP contribution in [-0.2, 0) is 4.79 Å². The van der Waals surface area contributed by atoms with E-state index in [2.05, 4.69) is 30.3 Å². The zero-order valence-electron chi connectivity index (χ0n) is 18.6. The Morgan fingerprint density at radius 3 is 2.28 bits per heavy atom. The second-order valence-corrected chi connectivity index (χ2v) is 10.6. The molecule has 3 heterocycles. The highest BCUT2D eigenvalue weighted by molar-refractivity contribution is 5.77. The van der Waals surface area contributed by atoms with Crippen LogP contribution in [0.4, 0.5) is 17.3 Å². The average Bonchev–Trinajstić information content (AvgIpc) is 2.79. The van der Waals surface area contributed by atoms with Crippen LogP contribution in [0.15, 0.2) is 36.7 Å². The predicted molar refractivity (Wildman–Crippen MR) is 124 cm³/mol. The van der Waals surface area contributed by atoms with E-state index < -0.39 is 0 Å². The summed E-state index contributed by atoms with van der Waals surface area (Å²) in [6.07, 6.45) is 12.5. The molecule has 5 aliphatic rings. The summed E-state index contributed by atoms with van der Waals surface area (Å²) in [5.74, 6) is 4.66. The van der Waals surface area contributed by atoms with Gasteiger partial charge in [-0.3, -0.25) is 9.78 Å². The fourth-order valence-electron chi connectivity index (χ4n) is 7.27. The third-order valence-corrected chi connectivity index (χ3v) is 8.23. The van der Waals surface area contributed by atoms with Crippen LogP contribution in [0, 0.1) is 23.2 Å². The van der Waals surface area contributed by atoms with Crippen molar-refractivity contribution in [1.29, 1.82) is 0 Å². The molecular formula is C25H32N6O. The van der Waals surface area contributed by atoms with Gasteiger partial charge in [-0.15, -0.1) is 10.2 Å². The first kappa shape index (κ1) is 19.9. The van der Waals surface area contributed by atoms with E-state index in [0.29, 0.717) is 17.1 Å². The standard InChI is InChI=1S/C25H32N6O/c32-24(16-25-13-18-10-19(14-25)12-20(11-18)15-25)31-8-6-30(7-9-31)23-4-3-22(28-29-23)27-21-2-1-5-26-17-21/h1-5,17-20H,6-16H2,(H,27,28). The van der Waals surface area contributed by atoms with Crippen LogP contribution in [0.3, 0.4) is 0 Å². The lowest BCUT2D eigenvalue weighted by molar-refractivity contribution is -0.139. The van der Waals surface area contributed by atoms with Crippen molar-refractivity contribution in [1.82, 2.24) is 20.1 Å². The highest BCUT2D eigenvalue weighted by Crippen LogP contribution is 2.61. The molecular weight excluding hydrogens is 400 g/mol. The number of piperazine rings is 1. The maximum Gasteiger partial charge on any atom is 0.223 e. The second kappa shape index (κ2) is 8.01. The van der Waals surface area contributed by atoms with Crippen LogP contribution >= 0.6 is 0 Å². The van der Waals surface area contributed by atoms with Crippen molar-refractivity contribution >= 4 is 23.2 Å². The molecule has 0 radical (unpaired) electrons. The number of rotatable bonds is 5. The van der Waals surface area contributed by atoms with Crippen molar-refractivity contribution in [3.63, 3.8) is 0 Å². The molecule has 4 saturated carbocycles. The molecule has 4 bridgehead atoms. The average molecular weight is 433 g/mol. The van der Waals surface area contributed by atoms with Gasteiger partial charge in [0.1, 0.15) is 0 Å². The molecule has 1 saturated heterocycles. The zero-order chi connectivity index (χ0) is 21.5. The van der Waals surface area contributed by atoms with Crippen molar-refractivity contribution in [2.45, 2.75) is 44.9 Å². The van der Waals surface area contributed by atoms with E-state index in [-0.39, 0.29) is 0 Å². The first-order chi connectivity index (χ1) is 15.6. The number of amides is 1. The van der Waals surface area contributed by atoms with Gasteiger partial charge in [-0.05, 0) is 86.0 Å². The first-order valence-electron chi connectivity index (χ1n) is 12.2. The number of pyridine rings is 1. The van der Waals surface area contributed by atoms with Gasteiger partial charge in [0, 0.05) is 38.8 Å². The van der Waals surface area contributed by atoms with Crippen LogP contribution in [0.2, 0.25) is 0 Å². The van der Waals surface area contributed by atoms with Crippen LogP contribution < -0.4 is 10.2 Å². The van der Waals surface area contributed by atoms with E-state index in [9.17, 15) is 4.79 Å². The lowest BCUT2D eigenvalue weighted by Gasteiger charge is -2.57. The molecule has 0 aromatic carbocycles. The van der Waals surface area contributed by atoms with Gasteiger partial charge in [-0.25, -0.2) is 0 Å². The van der Waals surface area contributed by atoms with Crippen LogP contribution in [0.25, 0.3) is 0 Å². The monoisotopic (exact) mass is 432 g/mol. The Bertz CT molecular complexity index is 919. The fraction of sp³-hybridized carbons (Fsp3) is 0.600. The van der Waals surface area contributed by atoms with Gasteiger partial charge in [0.25, 0.3) is 0 Å². The molecule has 2 aromatic heterocycles. The summed E-state index contributed by atoms with van der Waals surface area (Å²) >= 11 is 0. The number of carbonyl (C=O) groups is 1. The van der Waals surface area contributed by atoms with E-state index in [1.807, 2.05) is 24.3 Å². The summed E-state index contributed by atoms with van der Waals surface area (Å²) < 4.78 is 0. The number of hydrogen-bond donors (Lipinski definition) is 1. The summed E-state index contributed by atoms with van der Waals surface area (Å²) in [5.41, 5.74) is 1.21. The summed E-state index contributed by atoms with van der Waals surface area (Å²) in [7, 11) is 0. The number of nitrogens with one attached hydrogen (secondary N) is 1. The second-order valence-electron chi connectivity index (χ2n) is 10.6. The van der Waals surface area contributed by atoms with Gasteiger partial charge in [-0.2, -0.15) is 0 Å². The predicted octanol–water partition coefficient (Wildman–Crippen LogP) is 3.87. The molecule has 7 heteroatoms. The number of nitrogens with zero attached hydrogens (tertiary/aromatic N) is 5. The molecule has 1 aliphatic heterocycles. The topological polar surface area (TPSA) is 74.2 Å². The van der Waals surface area contributed by atoms with Crippen molar-refractivity contribution < 1.29 is 4.79 Å². The number of hydrogen-bond acceptors (Lipinski definition) is 6. The van der Waals surface area contributed by atoms with Crippen molar-refractivity contribution in [3.05, 3.63) is 36.7 Å². The van der Waals surface area contributed by atoms with Gasteiger partial charge < -0.3 is 15.1 Å². The normalized spacial score (nSPS) is 31.1. The van der Waals surface area contributed by atoms with E-state index >= 15 is 0 Å². The summed E-state index contributed by atoms with van der Waals surface area (Å²) in [6, 6.07) is 7.77. The van der Waals surface area contributed by atoms with E-state index in [4.69, 9.17) is 0 Å². The molecule has 4 aliphatic carbocycles. The molecule has 32 heavy (non-hydrogen) atoms. The van der Waals surface area contributed by atoms with Crippen molar-refractivity contribution in [2.75, 3.05) is 36.4 Å². The lowest BCUT2D eigenvalue weighted by atomic mass is 9.49. The molecule has 5 fully saturated rings. The third kappa shape index (κ3) is 3.93. The Hall–Kier alpha value is -2.70. The maximum absolute atomic E-state index is 13.2. The van der Waals surface area contributed by atoms with Gasteiger partial charge in [0.05, 0.1) is 11.9 Å².